The second-order valence-corrected chi connectivity index (χ2v) is 14.2. The van der Waals surface area contributed by atoms with E-state index in [9.17, 15) is 0 Å². The summed E-state index contributed by atoms with van der Waals surface area (Å²) < 4.78 is 18.7. The second kappa shape index (κ2) is 5.25. The molecule has 4 heteroatoms. The Kier molecular flexibility index (Phi) is 3.60. The highest BCUT2D eigenvalue weighted by atomic mass is 28.4. The van der Waals surface area contributed by atoms with Gasteiger partial charge in [-0.3, -0.25) is 0 Å². The fourth-order valence-electron chi connectivity index (χ4n) is 3.57. The minimum absolute atomic E-state index is 0.271. The van der Waals surface area contributed by atoms with Crippen molar-refractivity contribution in [3.05, 3.63) is 23.8 Å². The van der Waals surface area contributed by atoms with Crippen LogP contribution in [0, 0.1) is 0 Å². The maximum absolute atomic E-state index is 6.49. The molecule has 132 valence electrons. The highest BCUT2D eigenvalue weighted by molar-refractivity contribution is 6.74. The summed E-state index contributed by atoms with van der Waals surface area (Å²) in [6, 6.07) is 6.26. The van der Waals surface area contributed by atoms with Gasteiger partial charge in [0.05, 0.1) is 12.7 Å². The van der Waals surface area contributed by atoms with Crippen LogP contribution in [0.1, 0.15) is 52.0 Å². The molecule has 1 spiro atoms. The van der Waals surface area contributed by atoms with Gasteiger partial charge in [-0.1, -0.05) is 26.8 Å². The molecule has 0 aromatic heterocycles. The zero-order valence-corrected chi connectivity index (χ0v) is 16.6. The number of hydrogen-bond acceptors (Lipinski definition) is 3. The summed E-state index contributed by atoms with van der Waals surface area (Å²) in [4.78, 5) is 0. The average molecular weight is 347 g/mol. The molecule has 0 radical (unpaired) electrons. The first-order valence-corrected chi connectivity index (χ1v) is 12.2. The van der Waals surface area contributed by atoms with Crippen molar-refractivity contribution in [3.8, 4) is 11.5 Å². The van der Waals surface area contributed by atoms with E-state index in [-0.39, 0.29) is 10.5 Å². The Hall–Kier alpha value is -1.00. The lowest BCUT2D eigenvalue weighted by Gasteiger charge is -2.44. The standard InChI is InChI=1S/C20H30O3Si/c1-19(2,3)24(4,5)23-15-11-14(12-15)22-17-8-6-7-16-18(17)20(9-10-20)13-21-16/h6-8,14-15H,9-13H2,1-5H3. The van der Waals surface area contributed by atoms with Crippen LogP contribution >= 0.6 is 0 Å². The first-order valence-electron chi connectivity index (χ1n) is 9.31. The summed E-state index contributed by atoms with van der Waals surface area (Å²) in [7, 11) is -1.66. The first-order chi connectivity index (χ1) is 11.2. The van der Waals surface area contributed by atoms with Gasteiger partial charge in [-0.15, -0.1) is 0 Å². The van der Waals surface area contributed by atoms with Crippen LogP contribution < -0.4 is 9.47 Å². The van der Waals surface area contributed by atoms with E-state index in [1.807, 2.05) is 0 Å². The maximum Gasteiger partial charge on any atom is 0.192 e. The molecule has 1 aromatic rings. The van der Waals surface area contributed by atoms with Crippen LogP contribution in [-0.4, -0.2) is 27.1 Å². The molecule has 2 saturated carbocycles. The predicted molar refractivity (Wildman–Crippen MR) is 98.6 cm³/mol. The van der Waals surface area contributed by atoms with E-state index in [2.05, 4.69) is 52.1 Å². The molecule has 0 unspecified atom stereocenters. The Labute approximate surface area is 146 Å². The average Bonchev–Trinajstić information content (AvgIpc) is 3.12. The van der Waals surface area contributed by atoms with Crippen molar-refractivity contribution in [1.29, 1.82) is 0 Å². The van der Waals surface area contributed by atoms with Gasteiger partial charge in [0.15, 0.2) is 8.32 Å². The van der Waals surface area contributed by atoms with Gasteiger partial charge in [-0.05, 0) is 43.1 Å². The largest absolute Gasteiger partial charge is 0.492 e. The third-order valence-corrected chi connectivity index (χ3v) is 11.0. The first kappa shape index (κ1) is 16.5. The molecular formula is C20H30O3Si. The number of rotatable bonds is 4. The molecule has 24 heavy (non-hydrogen) atoms. The van der Waals surface area contributed by atoms with Crippen LogP contribution in [0.15, 0.2) is 18.2 Å². The van der Waals surface area contributed by atoms with E-state index in [1.54, 1.807) is 0 Å². The second-order valence-electron chi connectivity index (χ2n) is 9.41. The van der Waals surface area contributed by atoms with Crippen LogP contribution in [-0.2, 0) is 9.84 Å². The van der Waals surface area contributed by atoms with Gasteiger partial charge in [0.25, 0.3) is 0 Å². The Balaban J connectivity index is 1.38. The summed E-state index contributed by atoms with van der Waals surface area (Å²) in [6.45, 7) is 12.4. The van der Waals surface area contributed by atoms with E-state index >= 15 is 0 Å². The third-order valence-electron chi connectivity index (χ3n) is 6.49. The summed E-state index contributed by atoms with van der Waals surface area (Å²) in [5.41, 5.74) is 1.60. The molecule has 0 atom stereocenters. The van der Waals surface area contributed by atoms with E-state index in [0.29, 0.717) is 12.2 Å². The monoisotopic (exact) mass is 346 g/mol. The quantitative estimate of drug-likeness (QED) is 0.715. The van der Waals surface area contributed by atoms with Crippen molar-refractivity contribution in [3.63, 3.8) is 0 Å². The summed E-state index contributed by atoms with van der Waals surface area (Å²) >= 11 is 0. The third kappa shape index (κ3) is 2.68. The molecule has 0 amide bonds. The van der Waals surface area contributed by atoms with Gasteiger partial charge in [-0.2, -0.15) is 0 Å². The molecule has 3 nitrogen and oxygen atoms in total. The molecule has 3 aliphatic rings. The minimum Gasteiger partial charge on any atom is -0.492 e. The maximum atomic E-state index is 6.49. The van der Waals surface area contributed by atoms with Gasteiger partial charge >= 0.3 is 0 Å². The zero-order valence-electron chi connectivity index (χ0n) is 15.6. The molecule has 2 aliphatic carbocycles. The minimum atomic E-state index is -1.66. The fourth-order valence-corrected chi connectivity index (χ4v) is 4.95. The molecule has 1 aromatic carbocycles. The number of hydrogen-bond donors (Lipinski definition) is 0. The Bertz CT molecular complexity index is 637. The lowest BCUT2D eigenvalue weighted by Crippen LogP contribution is -2.50. The summed E-state index contributed by atoms with van der Waals surface area (Å²) in [6.07, 6.45) is 5.18. The van der Waals surface area contributed by atoms with Gasteiger partial charge in [0.2, 0.25) is 0 Å². The fraction of sp³-hybridized carbons (Fsp3) is 0.700. The van der Waals surface area contributed by atoms with Crippen LogP contribution in [0.3, 0.4) is 0 Å². The molecule has 0 N–H and O–H groups in total. The summed E-state index contributed by atoms with van der Waals surface area (Å²) in [5, 5.41) is 0.273. The van der Waals surface area contributed by atoms with E-state index in [1.165, 1.54) is 18.4 Å². The van der Waals surface area contributed by atoms with Gasteiger partial charge in [0.1, 0.15) is 17.6 Å². The number of ether oxygens (including phenoxy) is 2. The molecule has 0 bridgehead atoms. The smallest absolute Gasteiger partial charge is 0.192 e. The zero-order chi connectivity index (χ0) is 17.2. The van der Waals surface area contributed by atoms with Gasteiger partial charge in [0, 0.05) is 23.8 Å². The van der Waals surface area contributed by atoms with Gasteiger partial charge in [-0.25, -0.2) is 0 Å². The van der Waals surface area contributed by atoms with Crippen molar-refractivity contribution in [2.45, 2.75) is 82.2 Å². The summed E-state index contributed by atoms with van der Waals surface area (Å²) in [5.74, 6) is 2.09. The Morgan fingerprint density at radius 1 is 1.12 bits per heavy atom. The normalized spacial score (nSPS) is 27.4. The molecule has 4 rings (SSSR count). The van der Waals surface area contributed by atoms with E-state index in [0.717, 1.165) is 30.9 Å². The van der Waals surface area contributed by atoms with Crippen LogP contribution in [0.25, 0.3) is 0 Å². The molecule has 1 aliphatic heterocycles. The Morgan fingerprint density at radius 2 is 1.83 bits per heavy atom. The van der Waals surface area contributed by atoms with Crippen molar-refractivity contribution in [2.75, 3.05) is 6.61 Å². The molecular weight excluding hydrogens is 316 g/mol. The molecule has 0 saturated heterocycles. The van der Waals surface area contributed by atoms with Crippen LogP contribution in [0.5, 0.6) is 11.5 Å². The van der Waals surface area contributed by atoms with Crippen molar-refractivity contribution >= 4 is 8.32 Å². The lowest BCUT2D eigenvalue weighted by molar-refractivity contribution is -0.00367. The molecule has 1 heterocycles. The lowest BCUT2D eigenvalue weighted by atomic mass is 9.91. The van der Waals surface area contributed by atoms with E-state index < -0.39 is 8.32 Å². The van der Waals surface area contributed by atoms with Crippen LogP contribution in [0.4, 0.5) is 0 Å². The van der Waals surface area contributed by atoms with Crippen molar-refractivity contribution < 1.29 is 13.9 Å². The van der Waals surface area contributed by atoms with Gasteiger partial charge < -0.3 is 13.9 Å². The van der Waals surface area contributed by atoms with Crippen molar-refractivity contribution in [2.24, 2.45) is 0 Å². The van der Waals surface area contributed by atoms with Crippen LogP contribution in [0.2, 0.25) is 18.1 Å². The highest BCUT2D eigenvalue weighted by Crippen LogP contribution is 2.58. The predicted octanol–water partition coefficient (Wildman–Crippen LogP) is 5.04. The number of benzene rings is 1. The highest BCUT2D eigenvalue weighted by Gasteiger charge is 2.53. The SMILES string of the molecule is CC(C)(C)[Si](C)(C)OC1CC(Oc2cccc3c2C2(CC2)CO3)C1. The topological polar surface area (TPSA) is 27.7 Å². The Morgan fingerprint density at radius 3 is 2.46 bits per heavy atom. The number of fused-ring (bicyclic) bond motifs is 2. The van der Waals surface area contributed by atoms with Crippen molar-refractivity contribution in [1.82, 2.24) is 0 Å². The molecule has 2 fully saturated rings. The van der Waals surface area contributed by atoms with E-state index in [4.69, 9.17) is 13.9 Å².